The number of hydrogen-bond acceptors (Lipinski definition) is 2. The van der Waals surface area contributed by atoms with Crippen molar-refractivity contribution >= 4 is 0 Å². The third-order valence-corrected chi connectivity index (χ3v) is 5.67. The van der Waals surface area contributed by atoms with Gasteiger partial charge >= 0.3 is 0 Å². The number of likely N-dealkylation sites (tertiary alicyclic amines) is 1. The van der Waals surface area contributed by atoms with Crippen molar-refractivity contribution in [2.75, 3.05) is 19.6 Å². The van der Waals surface area contributed by atoms with Crippen LogP contribution < -0.4 is 5.32 Å². The summed E-state index contributed by atoms with van der Waals surface area (Å²) >= 11 is 0. The van der Waals surface area contributed by atoms with E-state index in [-0.39, 0.29) is 0 Å². The standard InChI is InChI=1S/C18H36N2/c1-15(14-19-17-9-5-6-10-17)20-12-7-8-16(11-13-20)18(2,3)4/h15-17,19H,5-14H2,1-4H3. The number of rotatable bonds is 4. The summed E-state index contributed by atoms with van der Waals surface area (Å²) in [5.41, 5.74) is 0.487. The van der Waals surface area contributed by atoms with Gasteiger partial charge in [0.25, 0.3) is 0 Å². The van der Waals surface area contributed by atoms with Gasteiger partial charge in [-0.05, 0) is 63.5 Å². The highest BCUT2D eigenvalue weighted by molar-refractivity contribution is 4.82. The van der Waals surface area contributed by atoms with Gasteiger partial charge in [0.1, 0.15) is 0 Å². The van der Waals surface area contributed by atoms with Gasteiger partial charge in [-0.2, -0.15) is 0 Å². The van der Waals surface area contributed by atoms with Crippen LogP contribution in [0.1, 0.15) is 72.6 Å². The molecule has 2 rings (SSSR count). The minimum atomic E-state index is 0.487. The molecule has 0 aromatic carbocycles. The second-order valence-corrected chi connectivity index (χ2v) is 8.27. The van der Waals surface area contributed by atoms with Gasteiger partial charge in [0.05, 0.1) is 0 Å². The van der Waals surface area contributed by atoms with Gasteiger partial charge in [-0.25, -0.2) is 0 Å². The van der Waals surface area contributed by atoms with Crippen molar-refractivity contribution in [1.29, 1.82) is 0 Å². The Labute approximate surface area is 126 Å². The maximum absolute atomic E-state index is 3.80. The molecular formula is C18H36N2. The second kappa shape index (κ2) is 7.26. The molecule has 2 unspecified atom stereocenters. The molecule has 0 bridgehead atoms. The lowest BCUT2D eigenvalue weighted by Gasteiger charge is -2.31. The molecule has 2 atom stereocenters. The summed E-state index contributed by atoms with van der Waals surface area (Å²) in [6.45, 7) is 13.5. The van der Waals surface area contributed by atoms with Gasteiger partial charge < -0.3 is 5.32 Å². The SMILES string of the molecule is CC(CNC1CCCC1)N1CCCC(C(C)(C)C)CC1. The van der Waals surface area contributed by atoms with Crippen molar-refractivity contribution in [3.8, 4) is 0 Å². The quantitative estimate of drug-likeness (QED) is 0.835. The third kappa shape index (κ3) is 4.73. The van der Waals surface area contributed by atoms with Gasteiger partial charge in [-0.15, -0.1) is 0 Å². The highest BCUT2D eigenvalue weighted by Gasteiger charge is 2.28. The topological polar surface area (TPSA) is 15.3 Å². The Balaban J connectivity index is 1.74. The number of hydrogen-bond donors (Lipinski definition) is 1. The lowest BCUT2D eigenvalue weighted by molar-refractivity contribution is 0.184. The molecule has 118 valence electrons. The van der Waals surface area contributed by atoms with Crippen LogP contribution in [0.15, 0.2) is 0 Å². The normalized spacial score (nSPS) is 28.5. The molecule has 0 aromatic heterocycles. The van der Waals surface area contributed by atoms with Gasteiger partial charge in [0.2, 0.25) is 0 Å². The monoisotopic (exact) mass is 280 g/mol. The van der Waals surface area contributed by atoms with Gasteiger partial charge in [0, 0.05) is 18.6 Å². The van der Waals surface area contributed by atoms with E-state index in [4.69, 9.17) is 0 Å². The van der Waals surface area contributed by atoms with E-state index >= 15 is 0 Å². The molecule has 1 N–H and O–H groups in total. The molecule has 2 aliphatic rings. The Hall–Kier alpha value is -0.0800. The highest BCUT2D eigenvalue weighted by atomic mass is 15.2. The summed E-state index contributed by atoms with van der Waals surface area (Å²) in [6, 6.07) is 1.51. The Kier molecular flexibility index (Phi) is 5.92. The van der Waals surface area contributed by atoms with E-state index < -0.39 is 0 Å². The molecule has 1 saturated carbocycles. The summed E-state index contributed by atoms with van der Waals surface area (Å²) in [5.74, 6) is 0.905. The van der Waals surface area contributed by atoms with Crippen molar-refractivity contribution in [2.45, 2.75) is 84.7 Å². The van der Waals surface area contributed by atoms with Crippen molar-refractivity contribution in [2.24, 2.45) is 11.3 Å². The van der Waals surface area contributed by atoms with E-state index in [0.29, 0.717) is 11.5 Å². The summed E-state index contributed by atoms with van der Waals surface area (Å²) in [5, 5.41) is 3.80. The maximum Gasteiger partial charge on any atom is 0.0192 e. The Morgan fingerprint density at radius 3 is 2.35 bits per heavy atom. The lowest BCUT2D eigenvalue weighted by atomic mass is 9.77. The molecule has 0 aromatic rings. The molecule has 20 heavy (non-hydrogen) atoms. The zero-order chi connectivity index (χ0) is 14.6. The van der Waals surface area contributed by atoms with Crippen LogP contribution in [-0.4, -0.2) is 36.6 Å². The number of nitrogens with one attached hydrogen (secondary N) is 1. The van der Waals surface area contributed by atoms with Crippen molar-refractivity contribution < 1.29 is 0 Å². The summed E-state index contributed by atoms with van der Waals surface area (Å²) in [7, 11) is 0. The minimum Gasteiger partial charge on any atom is -0.312 e. The molecule has 0 spiro atoms. The van der Waals surface area contributed by atoms with E-state index in [0.717, 1.165) is 12.0 Å². The fourth-order valence-electron chi connectivity index (χ4n) is 4.02. The van der Waals surface area contributed by atoms with E-state index in [9.17, 15) is 0 Å². The first-order chi connectivity index (χ1) is 9.47. The third-order valence-electron chi connectivity index (χ3n) is 5.67. The zero-order valence-electron chi connectivity index (χ0n) is 14.3. The van der Waals surface area contributed by atoms with Crippen LogP contribution in [0, 0.1) is 11.3 Å². The molecule has 1 heterocycles. The average Bonchev–Trinajstić information content (AvgIpc) is 2.76. The maximum atomic E-state index is 3.80. The molecule has 1 saturated heterocycles. The molecule has 1 aliphatic heterocycles. The molecule has 1 aliphatic carbocycles. The predicted octanol–water partition coefficient (Wildman–Crippen LogP) is 4.06. The van der Waals surface area contributed by atoms with Gasteiger partial charge in [-0.3, -0.25) is 4.90 Å². The smallest absolute Gasteiger partial charge is 0.0192 e. The first-order valence-corrected chi connectivity index (χ1v) is 8.94. The molecule has 2 fully saturated rings. The molecular weight excluding hydrogens is 244 g/mol. The van der Waals surface area contributed by atoms with Crippen LogP contribution in [0.4, 0.5) is 0 Å². The number of nitrogens with zero attached hydrogens (tertiary/aromatic N) is 1. The van der Waals surface area contributed by atoms with Crippen LogP contribution in [0.3, 0.4) is 0 Å². The molecule has 2 nitrogen and oxygen atoms in total. The van der Waals surface area contributed by atoms with Gasteiger partial charge in [-0.1, -0.05) is 33.6 Å². The van der Waals surface area contributed by atoms with E-state index in [1.165, 1.54) is 64.6 Å². The van der Waals surface area contributed by atoms with Crippen LogP contribution in [0.25, 0.3) is 0 Å². The largest absolute Gasteiger partial charge is 0.312 e. The van der Waals surface area contributed by atoms with E-state index in [1.54, 1.807) is 0 Å². The fourth-order valence-corrected chi connectivity index (χ4v) is 4.02. The summed E-state index contributed by atoms with van der Waals surface area (Å²) in [4.78, 5) is 2.73. The van der Waals surface area contributed by atoms with Crippen molar-refractivity contribution in [1.82, 2.24) is 10.2 Å². The van der Waals surface area contributed by atoms with Crippen LogP contribution >= 0.6 is 0 Å². The van der Waals surface area contributed by atoms with Crippen LogP contribution in [0.5, 0.6) is 0 Å². The minimum absolute atomic E-state index is 0.487. The Morgan fingerprint density at radius 1 is 1.00 bits per heavy atom. The predicted molar refractivity (Wildman–Crippen MR) is 88.1 cm³/mol. The lowest BCUT2D eigenvalue weighted by Crippen LogP contribution is -2.43. The van der Waals surface area contributed by atoms with E-state index in [1.807, 2.05) is 0 Å². The second-order valence-electron chi connectivity index (χ2n) is 8.27. The molecule has 0 amide bonds. The van der Waals surface area contributed by atoms with Crippen LogP contribution in [-0.2, 0) is 0 Å². The first-order valence-electron chi connectivity index (χ1n) is 8.94. The fraction of sp³-hybridized carbons (Fsp3) is 1.00. The molecule has 2 heteroatoms. The Bertz CT molecular complexity index is 276. The highest BCUT2D eigenvalue weighted by Crippen LogP contribution is 2.34. The van der Waals surface area contributed by atoms with E-state index in [2.05, 4.69) is 37.9 Å². The summed E-state index contributed by atoms with van der Waals surface area (Å²) in [6.07, 6.45) is 9.86. The molecule has 0 radical (unpaired) electrons. The van der Waals surface area contributed by atoms with Gasteiger partial charge in [0.15, 0.2) is 0 Å². The Morgan fingerprint density at radius 2 is 1.70 bits per heavy atom. The average molecular weight is 280 g/mol. The first kappa shape index (κ1) is 16.3. The van der Waals surface area contributed by atoms with Crippen molar-refractivity contribution in [3.63, 3.8) is 0 Å². The van der Waals surface area contributed by atoms with Crippen molar-refractivity contribution in [3.05, 3.63) is 0 Å². The zero-order valence-corrected chi connectivity index (χ0v) is 14.3. The summed E-state index contributed by atoms with van der Waals surface area (Å²) < 4.78 is 0. The van der Waals surface area contributed by atoms with Crippen LogP contribution in [0.2, 0.25) is 0 Å².